The van der Waals surface area contributed by atoms with E-state index in [1.165, 1.54) is 21.9 Å². The number of rotatable bonds is 4. The minimum Gasteiger partial charge on any atom is -0.456 e. The molecule has 26 heavy (non-hydrogen) atoms. The molecule has 0 bridgehead atoms. The number of nitrogens with one attached hydrogen (secondary N) is 2. The van der Waals surface area contributed by atoms with Gasteiger partial charge in [-0.05, 0) is 35.7 Å². The average molecular weight is 340 g/mol. The Morgan fingerprint density at radius 1 is 0.885 bits per heavy atom. The normalized spacial score (nSPS) is 15.9. The molecule has 3 nitrogen and oxygen atoms in total. The van der Waals surface area contributed by atoms with Crippen LogP contribution >= 0.6 is 0 Å². The molecule has 3 aromatic carbocycles. The Hall–Kier alpha value is -3.04. The third kappa shape index (κ3) is 2.57. The lowest BCUT2D eigenvalue weighted by atomic mass is 10.0. The van der Waals surface area contributed by atoms with Gasteiger partial charge in [0.1, 0.15) is 17.5 Å². The third-order valence-electron chi connectivity index (χ3n) is 5.03. The van der Waals surface area contributed by atoms with Crippen LogP contribution in [0.25, 0.3) is 27.8 Å². The summed E-state index contributed by atoms with van der Waals surface area (Å²) in [6.45, 7) is 0.882. The zero-order chi connectivity index (χ0) is 17.3. The first-order valence-electron chi connectivity index (χ1n) is 9.04. The Morgan fingerprint density at radius 3 is 2.65 bits per heavy atom. The second-order valence-corrected chi connectivity index (χ2v) is 6.67. The van der Waals surface area contributed by atoms with Crippen molar-refractivity contribution in [1.29, 1.82) is 0 Å². The van der Waals surface area contributed by atoms with Gasteiger partial charge >= 0.3 is 0 Å². The quantitative estimate of drug-likeness (QED) is 0.549. The Balaban J connectivity index is 1.46. The molecular weight excluding hydrogens is 320 g/mol. The van der Waals surface area contributed by atoms with Crippen molar-refractivity contribution in [3.63, 3.8) is 0 Å². The topological polar surface area (TPSA) is 37.2 Å². The molecule has 1 aliphatic rings. The van der Waals surface area contributed by atoms with Crippen LogP contribution in [0.4, 0.5) is 0 Å². The van der Waals surface area contributed by atoms with E-state index in [2.05, 4.69) is 83.4 Å². The van der Waals surface area contributed by atoms with Crippen LogP contribution in [0.1, 0.15) is 23.1 Å². The molecule has 0 fully saturated rings. The molecule has 128 valence electrons. The zero-order valence-electron chi connectivity index (χ0n) is 14.4. The first-order chi connectivity index (χ1) is 12.9. The maximum atomic E-state index is 6.34. The fourth-order valence-corrected chi connectivity index (χ4v) is 3.71. The van der Waals surface area contributed by atoms with Gasteiger partial charge in [0.05, 0.1) is 0 Å². The molecule has 2 N–H and O–H groups in total. The lowest BCUT2D eigenvalue weighted by Crippen LogP contribution is -2.34. The van der Waals surface area contributed by atoms with E-state index in [0.29, 0.717) is 0 Å². The summed E-state index contributed by atoms with van der Waals surface area (Å²) in [6, 6.07) is 23.2. The highest BCUT2D eigenvalue weighted by Crippen LogP contribution is 2.36. The predicted octanol–water partition coefficient (Wildman–Crippen LogP) is 4.99. The fourth-order valence-electron chi connectivity index (χ4n) is 3.71. The molecule has 0 aliphatic carbocycles. The average Bonchev–Trinajstić information content (AvgIpc) is 3.09. The summed E-state index contributed by atoms with van der Waals surface area (Å²) in [5, 5.41) is 10.5. The van der Waals surface area contributed by atoms with Gasteiger partial charge < -0.3 is 9.73 Å². The number of fused-ring (bicyclic) bond motifs is 5. The highest BCUT2D eigenvalue weighted by Gasteiger charge is 2.23. The van der Waals surface area contributed by atoms with Crippen molar-refractivity contribution >= 4 is 27.8 Å². The van der Waals surface area contributed by atoms with Gasteiger partial charge in [-0.25, -0.2) is 0 Å². The van der Waals surface area contributed by atoms with E-state index in [1.807, 2.05) is 6.20 Å². The summed E-state index contributed by atoms with van der Waals surface area (Å²) in [4.78, 5) is 0. The monoisotopic (exact) mass is 340 g/mol. The molecule has 3 heteroatoms. The number of benzene rings is 3. The molecule has 2 heterocycles. The summed E-state index contributed by atoms with van der Waals surface area (Å²) in [6.07, 6.45) is 5.09. The minimum absolute atomic E-state index is 0.00938. The van der Waals surface area contributed by atoms with E-state index in [9.17, 15) is 0 Å². The van der Waals surface area contributed by atoms with E-state index < -0.39 is 0 Å². The van der Waals surface area contributed by atoms with Gasteiger partial charge in [-0.1, -0.05) is 60.7 Å². The molecule has 0 spiro atoms. The maximum Gasteiger partial charge on any atom is 0.149 e. The lowest BCUT2D eigenvalue weighted by Gasteiger charge is -2.21. The molecule has 0 amide bonds. The molecule has 1 atom stereocenters. The van der Waals surface area contributed by atoms with Crippen molar-refractivity contribution in [2.24, 2.45) is 0 Å². The Labute approximate surface area is 152 Å². The Bertz CT molecular complexity index is 1100. The van der Waals surface area contributed by atoms with Crippen LogP contribution in [0.15, 0.2) is 77.3 Å². The van der Waals surface area contributed by atoms with Crippen LogP contribution in [0, 0.1) is 0 Å². The van der Waals surface area contributed by atoms with Gasteiger partial charge in [0.15, 0.2) is 0 Å². The standard InChI is InChI=1S/C23H20N2O/c1-2-6-16(7-3-1)12-14-24-23-22-20(13-15-25-23)19-11-10-17-8-4-5-9-18(17)21(19)26-22/h1-11,13,15,23-25H,12,14H2. The number of furan rings is 1. The van der Waals surface area contributed by atoms with Gasteiger partial charge in [0.2, 0.25) is 0 Å². The van der Waals surface area contributed by atoms with E-state index in [4.69, 9.17) is 4.42 Å². The van der Waals surface area contributed by atoms with Gasteiger partial charge in [0.25, 0.3) is 0 Å². The van der Waals surface area contributed by atoms with E-state index >= 15 is 0 Å². The van der Waals surface area contributed by atoms with Gasteiger partial charge in [0, 0.05) is 22.9 Å². The number of hydrogen-bond donors (Lipinski definition) is 2. The second-order valence-electron chi connectivity index (χ2n) is 6.67. The van der Waals surface area contributed by atoms with E-state index in [0.717, 1.165) is 29.7 Å². The summed E-state index contributed by atoms with van der Waals surface area (Å²) >= 11 is 0. The van der Waals surface area contributed by atoms with Crippen molar-refractivity contribution < 1.29 is 4.42 Å². The molecule has 1 unspecified atom stereocenters. The third-order valence-corrected chi connectivity index (χ3v) is 5.03. The van der Waals surface area contributed by atoms with Crippen LogP contribution in [0.2, 0.25) is 0 Å². The van der Waals surface area contributed by atoms with Crippen molar-refractivity contribution in [3.05, 3.63) is 89.8 Å². The Kier molecular flexibility index (Phi) is 3.72. The van der Waals surface area contributed by atoms with Crippen LogP contribution in [-0.4, -0.2) is 6.54 Å². The SMILES string of the molecule is C1=Cc2c(oc3c2ccc2ccccc23)C(NCCc2ccccc2)N1. The number of hydrogen-bond acceptors (Lipinski definition) is 3. The van der Waals surface area contributed by atoms with Gasteiger partial charge in [-0.15, -0.1) is 0 Å². The van der Waals surface area contributed by atoms with Crippen molar-refractivity contribution in [2.45, 2.75) is 12.6 Å². The largest absolute Gasteiger partial charge is 0.456 e. The second kappa shape index (κ2) is 6.36. The molecule has 0 saturated heterocycles. The van der Waals surface area contributed by atoms with Crippen molar-refractivity contribution in [1.82, 2.24) is 10.6 Å². The molecule has 0 saturated carbocycles. The van der Waals surface area contributed by atoms with E-state index in [1.54, 1.807) is 0 Å². The molecular formula is C23H20N2O. The molecule has 1 aliphatic heterocycles. The first-order valence-corrected chi connectivity index (χ1v) is 9.04. The lowest BCUT2D eigenvalue weighted by molar-refractivity contribution is 0.400. The van der Waals surface area contributed by atoms with Gasteiger partial charge in [-0.3, -0.25) is 5.32 Å². The predicted molar refractivity (Wildman–Crippen MR) is 107 cm³/mol. The maximum absolute atomic E-state index is 6.34. The summed E-state index contributed by atoms with van der Waals surface area (Å²) < 4.78 is 6.34. The molecule has 5 rings (SSSR count). The summed E-state index contributed by atoms with van der Waals surface area (Å²) in [5.41, 5.74) is 3.47. The van der Waals surface area contributed by atoms with Crippen LogP contribution < -0.4 is 10.6 Å². The minimum atomic E-state index is -0.00938. The molecule has 4 aromatic rings. The molecule has 0 radical (unpaired) electrons. The first kappa shape index (κ1) is 15.2. The zero-order valence-corrected chi connectivity index (χ0v) is 14.4. The van der Waals surface area contributed by atoms with Crippen molar-refractivity contribution in [2.75, 3.05) is 6.54 Å². The van der Waals surface area contributed by atoms with Crippen LogP contribution in [-0.2, 0) is 6.42 Å². The smallest absolute Gasteiger partial charge is 0.149 e. The summed E-state index contributed by atoms with van der Waals surface area (Å²) in [5.74, 6) is 0.965. The fraction of sp³-hybridized carbons (Fsp3) is 0.130. The Morgan fingerprint density at radius 2 is 1.73 bits per heavy atom. The molecule has 1 aromatic heterocycles. The van der Waals surface area contributed by atoms with Crippen LogP contribution in [0.5, 0.6) is 0 Å². The highest BCUT2D eigenvalue weighted by molar-refractivity contribution is 6.07. The van der Waals surface area contributed by atoms with Gasteiger partial charge in [-0.2, -0.15) is 0 Å². The van der Waals surface area contributed by atoms with E-state index in [-0.39, 0.29) is 6.17 Å². The van der Waals surface area contributed by atoms with Crippen molar-refractivity contribution in [3.8, 4) is 0 Å². The highest BCUT2D eigenvalue weighted by atomic mass is 16.3. The summed E-state index contributed by atoms with van der Waals surface area (Å²) in [7, 11) is 0. The van der Waals surface area contributed by atoms with Crippen LogP contribution in [0.3, 0.4) is 0 Å².